The van der Waals surface area contributed by atoms with Crippen molar-refractivity contribution in [3.05, 3.63) is 39.5 Å². The fourth-order valence-electron chi connectivity index (χ4n) is 1.63. The second-order valence-corrected chi connectivity index (χ2v) is 5.06. The summed E-state index contributed by atoms with van der Waals surface area (Å²) in [6.07, 6.45) is 0. The molecule has 1 aliphatic rings. The van der Waals surface area contributed by atoms with Crippen LogP contribution in [0.5, 0.6) is 0 Å². The SMILES string of the molecule is S=C1Nc2ccc(Cl)cc2Nc2cscc21. The maximum atomic E-state index is 5.97. The van der Waals surface area contributed by atoms with E-state index in [9.17, 15) is 0 Å². The van der Waals surface area contributed by atoms with Crippen molar-refractivity contribution in [1.82, 2.24) is 0 Å². The van der Waals surface area contributed by atoms with Crippen LogP contribution in [0.15, 0.2) is 29.0 Å². The first-order valence-corrected chi connectivity index (χ1v) is 6.41. The topological polar surface area (TPSA) is 24.1 Å². The average molecular weight is 267 g/mol. The molecular formula is C11H7ClN2S2. The van der Waals surface area contributed by atoms with Crippen LogP contribution in [0.2, 0.25) is 5.02 Å². The van der Waals surface area contributed by atoms with Crippen molar-refractivity contribution >= 4 is 57.2 Å². The van der Waals surface area contributed by atoms with Gasteiger partial charge in [0.25, 0.3) is 0 Å². The molecule has 0 atom stereocenters. The van der Waals surface area contributed by atoms with E-state index in [4.69, 9.17) is 23.8 Å². The molecule has 1 aliphatic heterocycles. The van der Waals surface area contributed by atoms with Crippen molar-refractivity contribution in [2.45, 2.75) is 0 Å². The molecule has 2 N–H and O–H groups in total. The minimum atomic E-state index is 0.706. The van der Waals surface area contributed by atoms with Gasteiger partial charge in [-0.2, -0.15) is 0 Å². The first kappa shape index (κ1) is 10.1. The van der Waals surface area contributed by atoms with E-state index in [1.165, 1.54) is 0 Å². The van der Waals surface area contributed by atoms with E-state index < -0.39 is 0 Å². The molecule has 0 saturated heterocycles. The van der Waals surface area contributed by atoms with Gasteiger partial charge in [0.1, 0.15) is 4.99 Å². The van der Waals surface area contributed by atoms with Crippen molar-refractivity contribution in [2.75, 3.05) is 10.6 Å². The summed E-state index contributed by atoms with van der Waals surface area (Å²) in [6.45, 7) is 0. The van der Waals surface area contributed by atoms with Gasteiger partial charge in [-0.15, -0.1) is 11.3 Å². The summed E-state index contributed by atoms with van der Waals surface area (Å²) in [5, 5.41) is 11.3. The number of thiophene rings is 1. The van der Waals surface area contributed by atoms with Crippen LogP contribution in [0.3, 0.4) is 0 Å². The minimum Gasteiger partial charge on any atom is -0.353 e. The second kappa shape index (κ2) is 3.73. The van der Waals surface area contributed by atoms with Crippen molar-refractivity contribution in [2.24, 2.45) is 0 Å². The maximum absolute atomic E-state index is 5.97. The van der Waals surface area contributed by atoms with E-state index in [1.807, 2.05) is 29.0 Å². The van der Waals surface area contributed by atoms with E-state index in [-0.39, 0.29) is 0 Å². The molecular weight excluding hydrogens is 260 g/mol. The molecule has 1 aromatic carbocycles. The third kappa shape index (κ3) is 1.59. The highest BCUT2D eigenvalue weighted by Crippen LogP contribution is 2.35. The Morgan fingerprint density at radius 3 is 2.81 bits per heavy atom. The van der Waals surface area contributed by atoms with Gasteiger partial charge in [-0.25, -0.2) is 0 Å². The number of halogens is 1. The van der Waals surface area contributed by atoms with Crippen LogP contribution in [0.1, 0.15) is 5.56 Å². The number of fused-ring (bicyclic) bond motifs is 2. The highest BCUT2D eigenvalue weighted by molar-refractivity contribution is 7.81. The van der Waals surface area contributed by atoms with Gasteiger partial charge < -0.3 is 10.6 Å². The lowest BCUT2D eigenvalue weighted by atomic mass is 10.2. The Labute approximate surface area is 107 Å². The molecule has 0 bridgehead atoms. The molecule has 0 aliphatic carbocycles. The zero-order valence-electron chi connectivity index (χ0n) is 8.08. The van der Waals surface area contributed by atoms with Crippen molar-refractivity contribution < 1.29 is 0 Å². The second-order valence-electron chi connectivity index (χ2n) is 3.47. The lowest BCUT2D eigenvalue weighted by Crippen LogP contribution is -2.07. The normalized spacial score (nSPS) is 13.2. The van der Waals surface area contributed by atoms with Gasteiger partial charge in [-0.3, -0.25) is 0 Å². The molecule has 5 heteroatoms. The zero-order chi connectivity index (χ0) is 11.1. The van der Waals surface area contributed by atoms with Crippen LogP contribution in [0.25, 0.3) is 0 Å². The summed E-state index contributed by atoms with van der Waals surface area (Å²) in [7, 11) is 0. The van der Waals surface area contributed by atoms with Gasteiger partial charge in [0.2, 0.25) is 0 Å². The molecule has 0 radical (unpaired) electrons. The van der Waals surface area contributed by atoms with E-state index in [2.05, 4.69) is 10.6 Å². The van der Waals surface area contributed by atoms with E-state index >= 15 is 0 Å². The van der Waals surface area contributed by atoms with E-state index in [0.717, 1.165) is 27.6 Å². The Balaban J connectivity index is 2.17. The quantitative estimate of drug-likeness (QED) is 0.697. The highest BCUT2D eigenvalue weighted by atomic mass is 35.5. The summed E-state index contributed by atoms with van der Waals surface area (Å²) in [5.41, 5.74) is 3.97. The Morgan fingerprint density at radius 2 is 1.94 bits per heavy atom. The zero-order valence-corrected chi connectivity index (χ0v) is 10.5. The predicted molar refractivity (Wildman–Crippen MR) is 74.4 cm³/mol. The van der Waals surface area contributed by atoms with Gasteiger partial charge in [0, 0.05) is 21.3 Å². The number of nitrogens with one attached hydrogen (secondary N) is 2. The number of benzene rings is 1. The van der Waals surface area contributed by atoms with Crippen LogP contribution >= 0.6 is 35.2 Å². The number of hydrogen-bond acceptors (Lipinski definition) is 3. The van der Waals surface area contributed by atoms with Crippen LogP contribution in [0.4, 0.5) is 17.1 Å². The Bertz CT molecular complexity index is 577. The van der Waals surface area contributed by atoms with Crippen molar-refractivity contribution in [3.63, 3.8) is 0 Å². The summed E-state index contributed by atoms with van der Waals surface area (Å²) in [6, 6.07) is 5.65. The number of thiocarbonyl (C=S) groups is 1. The molecule has 2 nitrogen and oxygen atoms in total. The first-order chi connectivity index (χ1) is 7.74. The van der Waals surface area contributed by atoms with Crippen molar-refractivity contribution in [1.29, 1.82) is 0 Å². The lowest BCUT2D eigenvalue weighted by molar-refractivity contribution is 1.59. The predicted octanol–water partition coefficient (Wildman–Crippen LogP) is 4.25. The smallest absolute Gasteiger partial charge is 0.113 e. The Morgan fingerprint density at radius 1 is 1.06 bits per heavy atom. The van der Waals surface area contributed by atoms with Gasteiger partial charge in [-0.05, 0) is 18.2 Å². The number of anilines is 3. The van der Waals surface area contributed by atoms with Crippen LogP contribution < -0.4 is 10.6 Å². The lowest BCUT2D eigenvalue weighted by Gasteiger charge is -2.08. The summed E-state index contributed by atoms with van der Waals surface area (Å²) >= 11 is 12.9. The molecule has 2 heterocycles. The van der Waals surface area contributed by atoms with Crippen LogP contribution in [-0.4, -0.2) is 4.99 Å². The Kier molecular flexibility index (Phi) is 2.35. The number of hydrogen-bond donors (Lipinski definition) is 2. The van der Waals surface area contributed by atoms with Gasteiger partial charge in [-0.1, -0.05) is 23.8 Å². The van der Waals surface area contributed by atoms with Crippen LogP contribution in [-0.2, 0) is 0 Å². The molecule has 0 unspecified atom stereocenters. The highest BCUT2D eigenvalue weighted by Gasteiger charge is 2.16. The number of rotatable bonds is 0. The third-order valence-corrected chi connectivity index (χ3v) is 3.71. The van der Waals surface area contributed by atoms with Gasteiger partial charge in [0.15, 0.2) is 0 Å². The molecule has 0 amide bonds. The molecule has 0 fully saturated rings. The minimum absolute atomic E-state index is 0.706. The molecule has 16 heavy (non-hydrogen) atoms. The van der Waals surface area contributed by atoms with Crippen LogP contribution in [0, 0.1) is 0 Å². The fourth-order valence-corrected chi connectivity index (χ4v) is 2.93. The Hall–Kier alpha value is -1.10. The van der Waals surface area contributed by atoms with Gasteiger partial charge >= 0.3 is 0 Å². The molecule has 0 spiro atoms. The van der Waals surface area contributed by atoms with E-state index in [0.29, 0.717) is 5.02 Å². The average Bonchev–Trinajstić information content (AvgIpc) is 2.65. The molecule has 3 rings (SSSR count). The summed E-state index contributed by atoms with van der Waals surface area (Å²) in [5.74, 6) is 0. The standard InChI is InChI=1S/C11H7ClN2S2/c12-6-1-2-8-9(3-6)13-10-5-16-4-7(10)11(15)14-8/h1-5,13H,(H,14,15). The molecule has 80 valence electrons. The largest absolute Gasteiger partial charge is 0.353 e. The molecule has 2 aromatic rings. The molecule has 0 saturated carbocycles. The fraction of sp³-hybridized carbons (Fsp3) is 0. The van der Waals surface area contributed by atoms with Gasteiger partial charge in [0.05, 0.1) is 17.1 Å². The maximum Gasteiger partial charge on any atom is 0.113 e. The summed E-state index contributed by atoms with van der Waals surface area (Å²) in [4.78, 5) is 0.741. The van der Waals surface area contributed by atoms with Crippen molar-refractivity contribution in [3.8, 4) is 0 Å². The third-order valence-electron chi connectivity index (χ3n) is 2.41. The molecule has 1 aromatic heterocycles. The first-order valence-electron chi connectivity index (χ1n) is 4.68. The summed E-state index contributed by atoms with van der Waals surface area (Å²) < 4.78 is 0. The monoisotopic (exact) mass is 266 g/mol. The van der Waals surface area contributed by atoms with E-state index in [1.54, 1.807) is 11.3 Å².